The molecule has 0 saturated carbocycles. The maximum Gasteiger partial charge on any atom is 0.191 e. The number of hydrogen-bond donors (Lipinski definition) is 0. The van der Waals surface area contributed by atoms with Crippen LogP contribution in [0.3, 0.4) is 0 Å². The van der Waals surface area contributed by atoms with E-state index in [9.17, 15) is 0 Å². The van der Waals surface area contributed by atoms with Gasteiger partial charge in [0.2, 0.25) is 0 Å². The van der Waals surface area contributed by atoms with Crippen LogP contribution in [0, 0.1) is 0 Å². The fraction of sp³-hybridized carbons (Fsp3) is 0.286. The molecule has 1 fully saturated rings. The van der Waals surface area contributed by atoms with Crippen LogP contribution >= 0.6 is 27.7 Å². The van der Waals surface area contributed by atoms with Crippen molar-refractivity contribution < 1.29 is 4.74 Å². The topological polar surface area (TPSA) is 43.2 Å². The first-order valence-corrected chi connectivity index (χ1v) is 8.10. The van der Waals surface area contributed by atoms with E-state index in [2.05, 4.69) is 37.3 Å². The lowest BCUT2D eigenvalue weighted by Gasteiger charge is -2.07. The van der Waals surface area contributed by atoms with Gasteiger partial charge in [-0.25, -0.2) is 0 Å². The van der Waals surface area contributed by atoms with Crippen molar-refractivity contribution >= 4 is 27.7 Å². The molecule has 104 valence electrons. The van der Waals surface area contributed by atoms with E-state index in [0.717, 1.165) is 33.4 Å². The molecule has 0 bridgehead atoms. The van der Waals surface area contributed by atoms with Crippen molar-refractivity contribution in [1.82, 2.24) is 14.8 Å². The minimum Gasteiger partial charge on any atom is -0.372 e. The summed E-state index contributed by atoms with van der Waals surface area (Å²) in [5.74, 6) is 1.80. The molecular formula is C14H14BrN3OS. The lowest BCUT2D eigenvalue weighted by Crippen LogP contribution is -2.01. The summed E-state index contributed by atoms with van der Waals surface area (Å²) in [5.41, 5.74) is 1.05. The normalized spacial score (nSPS) is 17.1. The monoisotopic (exact) mass is 351 g/mol. The maximum atomic E-state index is 5.23. The average Bonchev–Trinajstić information content (AvgIpc) is 3.20. The molecule has 0 spiro atoms. The van der Waals surface area contributed by atoms with Crippen LogP contribution < -0.4 is 0 Å². The van der Waals surface area contributed by atoms with E-state index in [1.165, 1.54) is 0 Å². The molecule has 6 heteroatoms. The Morgan fingerprint density at radius 1 is 1.40 bits per heavy atom. The van der Waals surface area contributed by atoms with Crippen molar-refractivity contribution in [3.05, 3.63) is 41.4 Å². The summed E-state index contributed by atoms with van der Waals surface area (Å²) < 4.78 is 8.37. The van der Waals surface area contributed by atoms with Crippen LogP contribution in [0.4, 0.5) is 0 Å². The number of thioether (sulfide) groups is 1. The number of hydrogen-bond acceptors (Lipinski definition) is 4. The Labute approximate surface area is 130 Å². The Hall–Kier alpha value is -1.11. The summed E-state index contributed by atoms with van der Waals surface area (Å²) >= 11 is 5.13. The molecule has 1 aromatic carbocycles. The minimum absolute atomic E-state index is 0.380. The zero-order valence-electron chi connectivity index (χ0n) is 10.8. The highest BCUT2D eigenvalue weighted by atomic mass is 79.9. The van der Waals surface area contributed by atoms with Crippen molar-refractivity contribution in [1.29, 1.82) is 0 Å². The van der Waals surface area contributed by atoms with Crippen LogP contribution in [0.5, 0.6) is 0 Å². The predicted molar refractivity (Wildman–Crippen MR) is 83.8 cm³/mol. The molecule has 2 aromatic rings. The average molecular weight is 352 g/mol. The largest absolute Gasteiger partial charge is 0.372 e. The van der Waals surface area contributed by atoms with E-state index < -0.39 is 0 Å². The number of nitrogens with zero attached hydrogens (tertiary/aromatic N) is 3. The van der Waals surface area contributed by atoms with Crippen molar-refractivity contribution in [2.24, 2.45) is 0 Å². The van der Waals surface area contributed by atoms with Gasteiger partial charge in [-0.3, -0.25) is 4.57 Å². The summed E-state index contributed by atoms with van der Waals surface area (Å²) in [6.45, 7) is 5.38. The first-order chi connectivity index (χ1) is 9.78. The van der Waals surface area contributed by atoms with Crippen molar-refractivity contribution in [2.75, 3.05) is 12.4 Å². The first kappa shape index (κ1) is 13.9. The zero-order valence-corrected chi connectivity index (χ0v) is 13.2. The van der Waals surface area contributed by atoms with Gasteiger partial charge in [0.25, 0.3) is 0 Å². The summed E-state index contributed by atoms with van der Waals surface area (Å²) in [6.07, 6.45) is 2.24. The van der Waals surface area contributed by atoms with Crippen molar-refractivity contribution in [2.45, 2.75) is 17.8 Å². The Morgan fingerprint density at radius 2 is 2.15 bits per heavy atom. The molecule has 1 aliphatic heterocycles. The molecule has 1 aliphatic rings. The third-order valence-corrected chi connectivity index (χ3v) is 4.56. The van der Waals surface area contributed by atoms with E-state index in [0.29, 0.717) is 12.6 Å². The highest BCUT2D eigenvalue weighted by Crippen LogP contribution is 2.27. The van der Waals surface area contributed by atoms with E-state index in [1.54, 1.807) is 11.8 Å². The van der Waals surface area contributed by atoms with Crippen LogP contribution in [-0.4, -0.2) is 33.2 Å². The molecule has 0 amide bonds. The van der Waals surface area contributed by atoms with E-state index in [-0.39, 0.29) is 0 Å². The lowest BCUT2D eigenvalue weighted by atomic mass is 10.2. The van der Waals surface area contributed by atoms with Crippen molar-refractivity contribution in [3.63, 3.8) is 0 Å². The molecule has 1 atom stereocenters. The molecule has 1 aromatic heterocycles. The van der Waals surface area contributed by atoms with Gasteiger partial charge in [-0.1, -0.05) is 45.9 Å². The summed E-state index contributed by atoms with van der Waals surface area (Å²) in [7, 11) is 0. The van der Waals surface area contributed by atoms with Crippen LogP contribution in [0.1, 0.15) is 0 Å². The Kier molecular flexibility index (Phi) is 4.24. The third-order valence-electron chi connectivity index (χ3n) is 2.93. The number of allylic oxidation sites excluding steroid dienone is 1. The SMILES string of the molecule is C=CCn1c(SCC2CO2)nnc1-c1ccc(Br)cc1. The summed E-state index contributed by atoms with van der Waals surface area (Å²) in [6, 6.07) is 8.08. The number of ether oxygens (including phenoxy) is 1. The number of epoxide rings is 1. The fourth-order valence-electron chi connectivity index (χ4n) is 1.83. The van der Waals surface area contributed by atoms with Gasteiger partial charge in [-0.05, 0) is 12.1 Å². The second-order valence-corrected chi connectivity index (χ2v) is 6.38. The second kappa shape index (κ2) is 6.11. The molecule has 4 nitrogen and oxygen atoms in total. The molecule has 3 rings (SSSR count). The minimum atomic E-state index is 0.380. The number of aromatic nitrogens is 3. The predicted octanol–water partition coefficient (Wildman–Crippen LogP) is 3.38. The molecule has 2 heterocycles. The van der Waals surface area contributed by atoms with Crippen LogP contribution in [0.2, 0.25) is 0 Å². The molecule has 0 aliphatic carbocycles. The molecule has 1 unspecified atom stereocenters. The zero-order chi connectivity index (χ0) is 13.9. The van der Waals surface area contributed by atoms with Gasteiger partial charge in [0.1, 0.15) is 0 Å². The van der Waals surface area contributed by atoms with Gasteiger partial charge in [0.05, 0.1) is 12.7 Å². The molecule has 20 heavy (non-hydrogen) atoms. The van der Waals surface area contributed by atoms with E-state index >= 15 is 0 Å². The third kappa shape index (κ3) is 3.13. The van der Waals surface area contributed by atoms with Crippen LogP contribution in [-0.2, 0) is 11.3 Å². The fourth-order valence-corrected chi connectivity index (χ4v) is 3.04. The Balaban J connectivity index is 1.88. The lowest BCUT2D eigenvalue weighted by molar-refractivity contribution is 0.426. The first-order valence-electron chi connectivity index (χ1n) is 6.32. The molecule has 0 N–H and O–H groups in total. The van der Waals surface area contributed by atoms with Crippen molar-refractivity contribution in [3.8, 4) is 11.4 Å². The molecule has 1 saturated heterocycles. The van der Waals surface area contributed by atoms with Crippen LogP contribution in [0.15, 0.2) is 46.5 Å². The summed E-state index contributed by atoms with van der Waals surface area (Å²) in [5, 5.41) is 9.53. The van der Waals surface area contributed by atoms with Gasteiger partial charge in [0, 0.05) is 22.3 Å². The highest BCUT2D eigenvalue weighted by molar-refractivity contribution is 9.10. The Bertz CT molecular complexity index is 607. The van der Waals surface area contributed by atoms with Crippen LogP contribution in [0.25, 0.3) is 11.4 Å². The highest BCUT2D eigenvalue weighted by Gasteiger charge is 2.24. The smallest absolute Gasteiger partial charge is 0.191 e. The maximum absolute atomic E-state index is 5.23. The van der Waals surface area contributed by atoms with E-state index in [4.69, 9.17) is 4.74 Å². The number of halogens is 1. The second-order valence-electron chi connectivity index (χ2n) is 4.48. The number of rotatable bonds is 6. The number of benzene rings is 1. The quantitative estimate of drug-likeness (QED) is 0.454. The summed E-state index contributed by atoms with van der Waals surface area (Å²) in [4.78, 5) is 0. The molecular weight excluding hydrogens is 338 g/mol. The van der Waals surface area contributed by atoms with Gasteiger partial charge < -0.3 is 4.74 Å². The van der Waals surface area contributed by atoms with E-state index in [1.807, 2.05) is 30.3 Å². The Morgan fingerprint density at radius 3 is 2.80 bits per heavy atom. The van der Waals surface area contributed by atoms with Gasteiger partial charge in [-0.15, -0.1) is 16.8 Å². The van der Waals surface area contributed by atoms with Gasteiger partial charge in [0.15, 0.2) is 11.0 Å². The molecule has 0 radical (unpaired) electrons. The standard InChI is InChI=1S/C14H14BrN3OS/c1-2-7-18-13(10-3-5-11(15)6-4-10)16-17-14(18)20-9-12-8-19-12/h2-6,12H,1,7-9H2. The van der Waals surface area contributed by atoms with Gasteiger partial charge in [-0.2, -0.15) is 0 Å². The van der Waals surface area contributed by atoms with Gasteiger partial charge >= 0.3 is 0 Å².